The van der Waals surface area contributed by atoms with Crippen molar-refractivity contribution in [2.75, 3.05) is 25.5 Å². The highest BCUT2D eigenvalue weighted by Crippen LogP contribution is 2.38. The molecule has 0 atom stereocenters. The Labute approximate surface area is 159 Å². The van der Waals surface area contributed by atoms with E-state index in [0.29, 0.717) is 11.1 Å². The van der Waals surface area contributed by atoms with Crippen LogP contribution < -0.4 is 15.4 Å². The highest BCUT2D eigenvalue weighted by Gasteiger charge is 2.21. The van der Waals surface area contributed by atoms with Crippen LogP contribution in [0, 0.1) is 5.82 Å². The van der Waals surface area contributed by atoms with Gasteiger partial charge in [0.15, 0.2) is 5.82 Å². The Morgan fingerprint density at radius 1 is 1.31 bits per heavy atom. The van der Waals surface area contributed by atoms with E-state index in [1.807, 2.05) is 12.1 Å². The summed E-state index contributed by atoms with van der Waals surface area (Å²) >= 11 is 7.62. The molecule has 0 unspecified atom stereocenters. The van der Waals surface area contributed by atoms with E-state index < -0.39 is 5.82 Å². The van der Waals surface area contributed by atoms with Crippen LogP contribution >= 0.6 is 23.4 Å². The lowest BCUT2D eigenvalue weighted by atomic mass is 10.2. The topological polar surface area (TPSA) is 59.1 Å². The number of anilines is 2. The summed E-state index contributed by atoms with van der Waals surface area (Å²) < 4.78 is 19.8. The maximum atomic E-state index is 14.2. The van der Waals surface area contributed by atoms with E-state index in [1.54, 1.807) is 31.0 Å². The third-order valence-electron chi connectivity index (χ3n) is 4.16. The number of hydrogen-bond donors (Lipinski definition) is 2. The van der Waals surface area contributed by atoms with Crippen LogP contribution in [0.1, 0.15) is 0 Å². The Kier molecular flexibility index (Phi) is 4.84. The van der Waals surface area contributed by atoms with Crippen LogP contribution in [-0.2, 0) is 0 Å². The first-order valence-electron chi connectivity index (χ1n) is 8.07. The highest BCUT2D eigenvalue weighted by molar-refractivity contribution is 8.00. The van der Waals surface area contributed by atoms with Crippen molar-refractivity contribution in [3.05, 3.63) is 47.5 Å². The molecule has 26 heavy (non-hydrogen) atoms. The molecule has 0 aliphatic carbocycles. The molecular weight excluding hydrogens is 375 g/mol. The summed E-state index contributed by atoms with van der Waals surface area (Å²) in [6, 6.07) is 8.68. The fourth-order valence-electron chi connectivity index (χ4n) is 2.67. The maximum absolute atomic E-state index is 14.2. The van der Waals surface area contributed by atoms with Crippen molar-refractivity contribution in [1.82, 2.24) is 15.3 Å². The van der Waals surface area contributed by atoms with Gasteiger partial charge in [0.1, 0.15) is 17.9 Å². The monoisotopic (exact) mass is 390 g/mol. The fourth-order valence-corrected chi connectivity index (χ4v) is 4.05. The van der Waals surface area contributed by atoms with E-state index in [0.717, 1.165) is 34.6 Å². The molecule has 8 heteroatoms. The van der Waals surface area contributed by atoms with E-state index in [-0.39, 0.29) is 10.7 Å². The van der Waals surface area contributed by atoms with E-state index in [2.05, 4.69) is 20.6 Å². The molecule has 5 nitrogen and oxygen atoms in total. The van der Waals surface area contributed by atoms with Gasteiger partial charge in [0, 0.05) is 29.8 Å². The number of nitrogens with zero attached hydrogens (tertiary/aromatic N) is 2. The zero-order chi connectivity index (χ0) is 18.1. The zero-order valence-electron chi connectivity index (χ0n) is 13.9. The molecule has 0 saturated carbocycles. The number of aromatic nitrogens is 2. The first kappa shape index (κ1) is 17.3. The molecule has 2 N–H and O–H groups in total. The third-order valence-corrected chi connectivity index (χ3v) is 5.69. The number of hydrogen-bond acceptors (Lipinski definition) is 6. The SMILES string of the molecule is COc1cc2ncnc(Nc3cccc(Cl)c3F)c2cc1SC1CNC1. The highest BCUT2D eigenvalue weighted by atomic mass is 35.5. The van der Waals surface area contributed by atoms with Gasteiger partial charge in [-0.2, -0.15) is 0 Å². The second-order valence-corrected chi connectivity index (χ2v) is 7.62. The molecule has 1 aliphatic heterocycles. The standard InChI is InChI=1S/C18H16ClFN4OS/c1-25-15-6-14-11(5-16(15)26-10-7-21-8-10)18(23-9-22-14)24-13-4-2-3-12(19)17(13)20/h2-6,9-10,21H,7-8H2,1H3,(H,22,23,24). The van der Waals surface area contributed by atoms with Gasteiger partial charge in [-0.3, -0.25) is 0 Å². The number of thioether (sulfide) groups is 1. The van der Waals surface area contributed by atoms with Crippen molar-refractivity contribution >= 4 is 45.8 Å². The summed E-state index contributed by atoms with van der Waals surface area (Å²) in [5.74, 6) is 0.782. The van der Waals surface area contributed by atoms with Crippen molar-refractivity contribution < 1.29 is 9.13 Å². The number of benzene rings is 2. The van der Waals surface area contributed by atoms with Crippen LogP contribution in [0.2, 0.25) is 5.02 Å². The smallest absolute Gasteiger partial charge is 0.165 e. The van der Waals surface area contributed by atoms with E-state index in [4.69, 9.17) is 16.3 Å². The summed E-state index contributed by atoms with van der Waals surface area (Å²) in [7, 11) is 1.64. The van der Waals surface area contributed by atoms with Gasteiger partial charge >= 0.3 is 0 Å². The summed E-state index contributed by atoms with van der Waals surface area (Å²) in [6.07, 6.45) is 1.44. The fraction of sp³-hybridized carbons (Fsp3) is 0.222. The molecule has 2 aromatic carbocycles. The summed E-state index contributed by atoms with van der Waals surface area (Å²) in [4.78, 5) is 9.61. The van der Waals surface area contributed by atoms with Crippen LogP contribution in [0.3, 0.4) is 0 Å². The van der Waals surface area contributed by atoms with Gasteiger partial charge in [0.2, 0.25) is 0 Å². The lowest BCUT2D eigenvalue weighted by Gasteiger charge is -2.27. The van der Waals surface area contributed by atoms with E-state index >= 15 is 0 Å². The molecule has 1 aliphatic rings. The predicted octanol–water partition coefficient (Wildman–Crippen LogP) is 4.24. The molecule has 2 heterocycles. The first-order valence-corrected chi connectivity index (χ1v) is 9.32. The van der Waals surface area contributed by atoms with Crippen molar-refractivity contribution in [3.63, 3.8) is 0 Å². The van der Waals surface area contributed by atoms with Crippen molar-refractivity contribution in [2.24, 2.45) is 0 Å². The number of fused-ring (bicyclic) bond motifs is 1. The number of ether oxygens (including phenoxy) is 1. The van der Waals surface area contributed by atoms with Gasteiger partial charge in [-0.25, -0.2) is 14.4 Å². The Balaban J connectivity index is 1.76. The minimum Gasteiger partial charge on any atom is -0.496 e. The van der Waals surface area contributed by atoms with Gasteiger partial charge in [-0.15, -0.1) is 11.8 Å². The molecule has 3 aromatic rings. The predicted molar refractivity (Wildman–Crippen MR) is 103 cm³/mol. The van der Waals surface area contributed by atoms with Crippen molar-refractivity contribution in [1.29, 1.82) is 0 Å². The maximum Gasteiger partial charge on any atom is 0.165 e. The second kappa shape index (κ2) is 7.26. The third kappa shape index (κ3) is 3.30. The van der Waals surface area contributed by atoms with Crippen LogP contribution in [0.4, 0.5) is 15.9 Å². The minimum absolute atomic E-state index is 0.0590. The van der Waals surface area contributed by atoms with Crippen LogP contribution in [-0.4, -0.2) is 35.4 Å². The minimum atomic E-state index is -0.510. The Morgan fingerprint density at radius 2 is 2.15 bits per heavy atom. The molecule has 1 aromatic heterocycles. The van der Waals surface area contributed by atoms with E-state index in [1.165, 1.54) is 12.4 Å². The van der Waals surface area contributed by atoms with Crippen molar-refractivity contribution in [3.8, 4) is 5.75 Å². The lowest BCUT2D eigenvalue weighted by molar-refractivity contribution is 0.405. The summed E-state index contributed by atoms with van der Waals surface area (Å²) in [5, 5.41) is 7.65. The van der Waals surface area contributed by atoms with Gasteiger partial charge in [0.25, 0.3) is 0 Å². The molecule has 0 bridgehead atoms. The quantitative estimate of drug-likeness (QED) is 0.679. The molecule has 1 fully saturated rings. The summed E-state index contributed by atoms with van der Waals surface area (Å²) in [5.41, 5.74) is 0.989. The molecule has 4 rings (SSSR count). The number of halogens is 2. The number of methoxy groups -OCH3 is 1. The number of nitrogens with one attached hydrogen (secondary N) is 2. The van der Waals surface area contributed by atoms with Crippen molar-refractivity contribution in [2.45, 2.75) is 10.1 Å². The number of rotatable bonds is 5. The van der Waals surface area contributed by atoms with Gasteiger partial charge in [0.05, 0.1) is 28.2 Å². The molecule has 0 radical (unpaired) electrons. The van der Waals surface area contributed by atoms with Crippen LogP contribution in [0.5, 0.6) is 5.75 Å². The summed E-state index contributed by atoms with van der Waals surface area (Å²) in [6.45, 7) is 1.94. The average molecular weight is 391 g/mol. The molecule has 1 saturated heterocycles. The lowest BCUT2D eigenvalue weighted by Crippen LogP contribution is -2.44. The van der Waals surface area contributed by atoms with Gasteiger partial charge in [-0.1, -0.05) is 17.7 Å². The molecule has 0 spiro atoms. The van der Waals surface area contributed by atoms with Crippen LogP contribution in [0.25, 0.3) is 10.9 Å². The molecule has 0 amide bonds. The first-order chi connectivity index (χ1) is 12.7. The molecular formula is C18H16ClFN4OS. The van der Waals surface area contributed by atoms with Gasteiger partial charge < -0.3 is 15.4 Å². The second-order valence-electron chi connectivity index (χ2n) is 5.87. The zero-order valence-corrected chi connectivity index (χ0v) is 15.5. The Hall–Kier alpha value is -2.09. The average Bonchev–Trinajstić information content (AvgIpc) is 2.61. The van der Waals surface area contributed by atoms with E-state index in [9.17, 15) is 4.39 Å². The Morgan fingerprint density at radius 3 is 2.88 bits per heavy atom. The largest absolute Gasteiger partial charge is 0.496 e. The molecule has 134 valence electrons. The van der Waals surface area contributed by atoms with Gasteiger partial charge in [-0.05, 0) is 18.2 Å². The Bertz CT molecular complexity index is 967. The van der Waals surface area contributed by atoms with Crippen LogP contribution in [0.15, 0.2) is 41.6 Å². The normalized spacial score (nSPS) is 14.3.